The fourth-order valence-corrected chi connectivity index (χ4v) is 3.49. The van der Waals surface area contributed by atoms with Gasteiger partial charge in [0.1, 0.15) is 5.75 Å². The van der Waals surface area contributed by atoms with Crippen molar-refractivity contribution in [1.29, 1.82) is 5.26 Å². The van der Waals surface area contributed by atoms with Crippen molar-refractivity contribution in [3.8, 4) is 22.9 Å². The molecule has 0 bridgehead atoms. The Labute approximate surface area is 170 Å². The molecule has 148 valence electrons. The molecule has 0 radical (unpaired) electrons. The molecule has 3 aromatic rings. The van der Waals surface area contributed by atoms with E-state index in [-0.39, 0.29) is 11.9 Å². The molecule has 1 aromatic carbocycles. The third-order valence-electron chi connectivity index (χ3n) is 5.49. The molecule has 2 aromatic heterocycles. The zero-order valence-corrected chi connectivity index (χ0v) is 17.1. The fourth-order valence-electron chi connectivity index (χ4n) is 3.49. The minimum absolute atomic E-state index is 0.0864. The molecule has 0 atom stereocenters. The van der Waals surface area contributed by atoms with Crippen LogP contribution < -0.4 is 10.1 Å². The molecule has 6 heteroatoms. The van der Waals surface area contributed by atoms with Crippen molar-refractivity contribution < 1.29 is 9.53 Å². The van der Waals surface area contributed by atoms with Crippen LogP contribution in [0, 0.1) is 18.3 Å². The average Bonchev–Trinajstić information content (AvgIpc) is 3.41. The topological polar surface area (TPSA) is 79.4 Å². The van der Waals surface area contributed by atoms with E-state index in [0.29, 0.717) is 11.3 Å². The standard InChI is InChI=1S/C23H24N4O2/c1-14-9-15(10-20(29-4)21(14)22(28)26-17-6-7-17)18-11-25-27-12-16(5-8-19(18)27)23(2,3)13-24/h5,8-12,17H,6-7H2,1-4H3,(H,26,28). The molecule has 1 amide bonds. The van der Waals surface area contributed by atoms with Crippen molar-refractivity contribution >= 4 is 11.4 Å². The van der Waals surface area contributed by atoms with E-state index in [4.69, 9.17) is 4.74 Å². The van der Waals surface area contributed by atoms with Crippen LogP contribution in [0.25, 0.3) is 16.6 Å². The number of methoxy groups -OCH3 is 1. The zero-order chi connectivity index (χ0) is 20.8. The summed E-state index contributed by atoms with van der Waals surface area (Å²) in [5, 5.41) is 16.9. The Morgan fingerprint density at radius 3 is 2.76 bits per heavy atom. The minimum atomic E-state index is -0.587. The van der Waals surface area contributed by atoms with Crippen molar-refractivity contribution in [3.05, 3.63) is 53.3 Å². The number of rotatable bonds is 5. The Hall–Kier alpha value is -3.33. The molecule has 0 unspecified atom stereocenters. The third kappa shape index (κ3) is 3.44. The van der Waals surface area contributed by atoms with E-state index in [9.17, 15) is 10.1 Å². The Bertz CT molecular complexity index is 1150. The summed E-state index contributed by atoms with van der Waals surface area (Å²) < 4.78 is 7.35. The lowest BCUT2D eigenvalue weighted by atomic mass is 9.87. The number of carbonyl (C=O) groups excluding carboxylic acids is 1. The number of nitrogens with one attached hydrogen (secondary N) is 1. The maximum Gasteiger partial charge on any atom is 0.255 e. The van der Waals surface area contributed by atoms with Crippen LogP contribution >= 0.6 is 0 Å². The summed E-state index contributed by atoms with van der Waals surface area (Å²) in [5.41, 5.74) is 4.57. The fraction of sp³-hybridized carbons (Fsp3) is 0.348. The number of carbonyl (C=O) groups is 1. The van der Waals surface area contributed by atoms with Crippen LogP contribution in [0.3, 0.4) is 0 Å². The summed E-state index contributed by atoms with van der Waals surface area (Å²) in [7, 11) is 1.58. The first-order valence-corrected chi connectivity index (χ1v) is 9.73. The minimum Gasteiger partial charge on any atom is -0.496 e. The number of amides is 1. The number of aromatic nitrogens is 2. The van der Waals surface area contributed by atoms with E-state index >= 15 is 0 Å². The second-order valence-electron chi connectivity index (χ2n) is 8.16. The normalized spacial score (nSPS) is 13.9. The number of nitriles is 1. The number of pyridine rings is 1. The highest BCUT2D eigenvalue weighted by Gasteiger charge is 2.27. The Morgan fingerprint density at radius 1 is 1.34 bits per heavy atom. The van der Waals surface area contributed by atoms with Crippen LogP contribution in [0.4, 0.5) is 0 Å². The van der Waals surface area contributed by atoms with Crippen LogP contribution in [0.2, 0.25) is 0 Å². The Balaban J connectivity index is 1.76. The molecular formula is C23H24N4O2. The molecule has 0 spiro atoms. The van der Waals surface area contributed by atoms with E-state index in [1.54, 1.807) is 17.8 Å². The van der Waals surface area contributed by atoms with Crippen molar-refractivity contribution in [3.63, 3.8) is 0 Å². The maximum atomic E-state index is 12.6. The Kier molecular flexibility index (Phi) is 4.54. The third-order valence-corrected chi connectivity index (χ3v) is 5.49. The predicted octanol–water partition coefficient (Wildman–Crippen LogP) is 4.01. The van der Waals surface area contributed by atoms with E-state index in [0.717, 1.165) is 40.6 Å². The first kappa shape index (κ1) is 19.0. The summed E-state index contributed by atoms with van der Waals surface area (Å²) in [6, 6.07) is 10.4. The number of hydrogen-bond acceptors (Lipinski definition) is 4. The molecule has 1 fully saturated rings. The average molecular weight is 388 g/mol. The van der Waals surface area contributed by atoms with Crippen molar-refractivity contribution in [2.24, 2.45) is 0 Å². The molecule has 1 aliphatic carbocycles. The lowest BCUT2D eigenvalue weighted by Crippen LogP contribution is -2.26. The van der Waals surface area contributed by atoms with E-state index in [1.807, 2.05) is 51.2 Å². The van der Waals surface area contributed by atoms with E-state index < -0.39 is 5.41 Å². The van der Waals surface area contributed by atoms with Crippen molar-refractivity contribution in [1.82, 2.24) is 14.9 Å². The van der Waals surface area contributed by atoms with Gasteiger partial charge in [-0.2, -0.15) is 10.4 Å². The van der Waals surface area contributed by atoms with Crippen LogP contribution in [0.5, 0.6) is 5.75 Å². The van der Waals surface area contributed by atoms with Gasteiger partial charge in [-0.15, -0.1) is 0 Å². The molecule has 29 heavy (non-hydrogen) atoms. The first-order chi connectivity index (χ1) is 13.8. The van der Waals surface area contributed by atoms with Gasteiger partial charge < -0.3 is 10.1 Å². The van der Waals surface area contributed by atoms with Gasteiger partial charge in [0.25, 0.3) is 5.91 Å². The number of benzene rings is 1. The SMILES string of the molecule is COc1cc(-c2cnn3cc(C(C)(C)C#N)ccc23)cc(C)c1C(=O)NC1CC1. The van der Waals surface area contributed by atoms with Gasteiger partial charge in [0, 0.05) is 17.8 Å². The monoisotopic (exact) mass is 388 g/mol. The second-order valence-corrected chi connectivity index (χ2v) is 8.16. The first-order valence-electron chi connectivity index (χ1n) is 9.73. The number of aryl methyl sites for hydroxylation is 1. The number of nitrogens with zero attached hydrogens (tertiary/aromatic N) is 3. The van der Waals surface area contributed by atoms with Crippen LogP contribution in [0.15, 0.2) is 36.7 Å². The molecule has 1 saturated carbocycles. The highest BCUT2D eigenvalue weighted by atomic mass is 16.5. The molecule has 1 aliphatic rings. The molecule has 1 N–H and O–H groups in total. The van der Waals surface area contributed by atoms with Crippen molar-refractivity contribution in [2.75, 3.05) is 7.11 Å². The quantitative estimate of drug-likeness (QED) is 0.716. The summed E-state index contributed by atoms with van der Waals surface area (Å²) in [6.45, 7) is 5.70. The number of hydrogen-bond donors (Lipinski definition) is 1. The van der Waals surface area contributed by atoms with Gasteiger partial charge >= 0.3 is 0 Å². The van der Waals surface area contributed by atoms with Gasteiger partial charge in [0.2, 0.25) is 0 Å². The highest BCUT2D eigenvalue weighted by Crippen LogP contribution is 2.34. The number of fused-ring (bicyclic) bond motifs is 1. The van der Waals surface area contributed by atoms with Gasteiger partial charge in [0.05, 0.1) is 35.9 Å². The summed E-state index contributed by atoms with van der Waals surface area (Å²) in [6.07, 6.45) is 5.77. The smallest absolute Gasteiger partial charge is 0.255 e. The van der Waals surface area contributed by atoms with Gasteiger partial charge in [-0.3, -0.25) is 4.79 Å². The Morgan fingerprint density at radius 2 is 2.10 bits per heavy atom. The molecule has 2 heterocycles. The lowest BCUT2D eigenvalue weighted by molar-refractivity contribution is 0.0947. The summed E-state index contributed by atoms with van der Waals surface area (Å²) in [5.74, 6) is 0.469. The van der Waals surface area contributed by atoms with Gasteiger partial charge in [0.15, 0.2) is 0 Å². The largest absolute Gasteiger partial charge is 0.496 e. The predicted molar refractivity (Wildman–Crippen MR) is 111 cm³/mol. The van der Waals surface area contributed by atoms with Crippen molar-refractivity contribution in [2.45, 2.75) is 45.1 Å². The molecular weight excluding hydrogens is 364 g/mol. The summed E-state index contributed by atoms with van der Waals surface area (Å²) >= 11 is 0. The van der Waals surface area contributed by atoms with Crippen LogP contribution in [-0.4, -0.2) is 28.7 Å². The molecule has 4 rings (SSSR count). The van der Waals surface area contributed by atoms with E-state index in [2.05, 4.69) is 16.5 Å². The van der Waals surface area contributed by atoms with Gasteiger partial charge in [-0.25, -0.2) is 4.52 Å². The molecule has 0 saturated heterocycles. The summed E-state index contributed by atoms with van der Waals surface area (Å²) in [4.78, 5) is 12.6. The number of ether oxygens (including phenoxy) is 1. The zero-order valence-electron chi connectivity index (χ0n) is 17.1. The molecule has 0 aliphatic heterocycles. The van der Waals surface area contributed by atoms with Crippen LogP contribution in [-0.2, 0) is 5.41 Å². The second kappa shape index (κ2) is 6.93. The van der Waals surface area contributed by atoms with E-state index in [1.165, 1.54) is 0 Å². The maximum absolute atomic E-state index is 12.6. The van der Waals surface area contributed by atoms with Gasteiger partial charge in [-0.05, 0) is 62.4 Å². The lowest BCUT2D eigenvalue weighted by Gasteiger charge is -2.16. The highest BCUT2D eigenvalue weighted by molar-refractivity contribution is 6.00. The van der Waals surface area contributed by atoms with Gasteiger partial charge in [-0.1, -0.05) is 12.1 Å². The van der Waals surface area contributed by atoms with Crippen LogP contribution in [0.1, 0.15) is 48.2 Å². The molecule has 6 nitrogen and oxygen atoms in total.